The first-order valence-corrected chi connectivity index (χ1v) is 17.4. The first kappa shape index (κ1) is 31.6. The van der Waals surface area contributed by atoms with Gasteiger partial charge in [0.2, 0.25) is 5.95 Å². The summed E-state index contributed by atoms with van der Waals surface area (Å²) in [5.41, 5.74) is 9.09. The van der Waals surface area contributed by atoms with Crippen molar-refractivity contribution in [2.75, 3.05) is 16.5 Å². The van der Waals surface area contributed by atoms with Crippen LogP contribution in [-0.4, -0.2) is 21.2 Å². The Labute approximate surface area is 294 Å². The van der Waals surface area contributed by atoms with Crippen LogP contribution in [0.4, 0.5) is 17.1 Å². The van der Waals surface area contributed by atoms with Gasteiger partial charge < -0.3 is 14.5 Å². The molecule has 0 amide bonds. The molecule has 5 aromatic carbocycles. The predicted molar refractivity (Wildman–Crippen MR) is 206 cm³/mol. The molecule has 0 atom stereocenters. The molecule has 0 spiro atoms. The standard InChI is InChI=1S/C44H43N5O/c1-43(2,3)31-19-22-37-36(25-31)35-21-20-34(27-40(35)49(37)42-45-24-23-41(46-42)44(4,5)6)50-33-16-12-15-32(26-33)48-29-47(28-30-13-8-7-9-14-30)38-17-10-11-18-39(38)48/h7-27H,28-29H2,1-6H3. The minimum atomic E-state index is -0.108. The van der Waals surface area contributed by atoms with Crippen molar-refractivity contribution in [3.63, 3.8) is 0 Å². The lowest BCUT2D eigenvalue weighted by molar-refractivity contribution is 0.483. The molecule has 0 fully saturated rings. The maximum Gasteiger partial charge on any atom is 0.234 e. The van der Waals surface area contributed by atoms with Gasteiger partial charge in [0.05, 0.1) is 34.8 Å². The summed E-state index contributed by atoms with van der Waals surface area (Å²) in [5, 5.41) is 2.32. The Morgan fingerprint density at radius 1 is 0.640 bits per heavy atom. The SMILES string of the molecule is CC(C)(C)c1ccc2c(c1)c1ccc(Oc3cccc(N4CN(Cc5ccccc5)c5ccccc54)c3)cc1n2-c1nccc(C(C)(C)C)n1. The largest absolute Gasteiger partial charge is 0.457 e. The van der Waals surface area contributed by atoms with Gasteiger partial charge in [-0.2, -0.15) is 0 Å². The average Bonchev–Trinajstić information content (AvgIpc) is 3.63. The molecule has 250 valence electrons. The van der Waals surface area contributed by atoms with Gasteiger partial charge in [-0.3, -0.25) is 4.57 Å². The number of nitrogens with zero attached hydrogens (tertiary/aromatic N) is 5. The highest BCUT2D eigenvalue weighted by molar-refractivity contribution is 6.09. The fraction of sp³-hybridized carbons (Fsp3) is 0.227. The minimum Gasteiger partial charge on any atom is -0.457 e. The first-order chi connectivity index (χ1) is 24.0. The van der Waals surface area contributed by atoms with E-state index >= 15 is 0 Å². The summed E-state index contributed by atoms with van der Waals surface area (Å²) in [4.78, 5) is 14.7. The molecular weight excluding hydrogens is 615 g/mol. The van der Waals surface area contributed by atoms with Crippen LogP contribution < -0.4 is 14.5 Å². The molecule has 0 saturated heterocycles. The molecule has 6 heteroatoms. The molecule has 1 aliphatic rings. The summed E-state index contributed by atoms with van der Waals surface area (Å²) in [6.45, 7) is 14.9. The van der Waals surface area contributed by atoms with Crippen molar-refractivity contribution >= 4 is 38.9 Å². The van der Waals surface area contributed by atoms with E-state index in [1.54, 1.807) is 0 Å². The second-order valence-electron chi connectivity index (χ2n) is 15.3. The summed E-state index contributed by atoms with van der Waals surface area (Å²) in [5.74, 6) is 2.20. The van der Waals surface area contributed by atoms with Crippen LogP contribution in [0.1, 0.15) is 58.4 Å². The van der Waals surface area contributed by atoms with Gasteiger partial charge in [0.1, 0.15) is 11.5 Å². The topological polar surface area (TPSA) is 46.4 Å². The second-order valence-corrected chi connectivity index (χ2v) is 15.3. The second kappa shape index (κ2) is 12.1. The lowest BCUT2D eigenvalue weighted by atomic mass is 9.86. The van der Waals surface area contributed by atoms with Gasteiger partial charge in [0.25, 0.3) is 0 Å². The van der Waals surface area contributed by atoms with Gasteiger partial charge in [-0.15, -0.1) is 0 Å². The zero-order valence-corrected chi connectivity index (χ0v) is 29.7. The van der Waals surface area contributed by atoms with Crippen LogP contribution in [-0.2, 0) is 17.4 Å². The summed E-state index contributed by atoms with van der Waals surface area (Å²) < 4.78 is 8.82. The van der Waals surface area contributed by atoms with Gasteiger partial charge >= 0.3 is 0 Å². The van der Waals surface area contributed by atoms with Gasteiger partial charge in [0.15, 0.2) is 0 Å². The Morgan fingerprint density at radius 3 is 2.18 bits per heavy atom. The number of hydrogen-bond acceptors (Lipinski definition) is 5. The highest BCUT2D eigenvalue weighted by Crippen LogP contribution is 2.43. The van der Waals surface area contributed by atoms with Crippen LogP contribution in [0.15, 0.2) is 128 Å². The van der Waals surface area contributed by atoms with E-state index in [0.29, 0.717) is 5.95 Å². The van der Waals surface area contributed by atoms with Gasteiger partial charge in [0, 0.05) is 46.7 Å². The minimum absolute atomic E-state index is 0.0216. The maximum atomic E-state index is 6.65. The molecule has 3 heterocycles. The van der Waals surface area contributed by atoms with Gasteiger partial charge in [-0.1, -0.05) is 96.1 Å². The smallest absolute Gasteiger partial charge is 0.234 e. The number of anilines is 3. The normalized spacial score (nSPS) is 13.3. The number of fused-ring (bicyclic) bond motifs is 4. The van der Waals surface area contributed by atoms with E-state index in [1.807, 2.05) is 18.3 Å². The third-order valence-corrected chi connectivity index (χ3v) is 9.62. The zero-order chi connectivity index (χ0) is 34.6. The third kappa shape index (κ3) is 5.85. The molecule has 2 aromatic heterocycles. The molecule has 50 heavy (non-hydrogen) atoms. The number of aromatic nitrogens is 3. The number of benzene rings is 5. The third-order valence-electron chi connectivity index (χ3n) is 9.62. The van der Waals surface area contributed by atoms with Crippen molar-refractivity contribution in [2.24, 2.45) is 0 Å². The highest BCUT2D eigenvalue weighted by Gasteiger charge is 2.27. The molecule has 7 aromatic rings. The molecule has 0 unspecified atom stereocenters. The molecule has 0 radical (unpaired) electrons. The quantitative estimate of drug-likeness (QED) is 0.178. The molecule has 0 bridgehead atoms. The molecule has 1 aliphatic heterocycles. The van der Waals surface area contributed by atoms with E-state index < -0.39 is 0 Å². The van der Waals surface area contributed by atoms with E-state index in [0.717, 1.165) is 52.5 Å². The number of ether oxygens (including phenoxy) is 1. The Kier molecular flexibility index (Phi) is 7.63. The van der Waals surface area contributed by atoms with E-state index in [-0.39, 0.29) is 10.8 Å². The average molecular weight is 658 g/mol. The van der Waals surface area contributed by atoms with Crippen molar-refractivity contribution in [2.45, 2.75) is 58.9 Å². The summed E-state index contributed by atoms with van der Waals surface area (Å²) in [7, 11) is 0. The lowest BCUT2D eigenvalue weighted by Gasteiger charge is -2.22. The first-order valence-electron chi connectivity index (χ1n) is 17.4. The van der Waals surface area contributed by atoms with E-state index in [9.17, 15) is 0 Å². The molecule has 8 rings (SSSR count). The molecule has 0 saturated carbocycles. The Hall–Kier alpha value is -5.62. The van der Waals surface area contributed by atoms with E-state index in [1.165, 1.54) is 27.9 Å². The van der Waals surface area contributed by atoms with Crippen molar-refractivity contribution in [3.8, 4) is 17.4 Å². The fourth-order valence-electron chi connectivity index (χ4n) is 6.91. The Balaban J connectivity index is 1.17. The Morgan fingerprint density at radius 2 is 1.40 bits per heavy atom. The van der Waals surface area contributed by atoms with Crippen LogP contribution in [0.2, 0.25) is 0 Å². The van der Waals surface area contributed by atoms with Crippen molar-refractivity contribution < 1.29 is 4.74 Å². The molecule has 6 nitrogen and oxygen atoms in total. The number of rotatable bonds is 6. The zero-order valence-electron chi connectivity index (χ0n) is 29.7. The van der Waals surface area contributed by atoms with Crippen molar-refractivity contribution in [1.29, 1.82) is 0 Å². The summed E-state index contributed by atoms with van der Waals surface area (Å²) in [6, 6.07) is 42.8. The van der Waals surface area contributed by atoms with Crippen molar-refractivity contribution in [3.05, 3.63) is 144 Å². The maximum absolute atomic E-state index is 6.65. The van der Waals surface area contributed by atoms with Crippen LogP contribution in [0, 0.1) is 0 Å². The van der Waals surface area contributed by atoms with E-state index in [2.05, 4.69) is 165 Å². The molecular formula is C44H43N5O. The van der Waals surface area contributed by atoms with Crippen molar-refractivity contribution in [1.82, 2.24) is 14.5 Å². The molecule has 0 N–H and O–H groups in total. The summed E-state index contributed by atoms with van der Waals surface area (Å²) >= 11 is 0. The van der Waals surface area contributed by atoms with E-state index in [4.69, 9.17) is 14.7 Å². The van der Waals surface area contributed by atoms with Crippen LogP contribution in [0.5, 0.6) is 11.5 Å². The summed E-state index contributed by atoms with van der Waals surface area (Å²) in [6.07, 6.45) is 1.87. The molecule has 0 aliphatic carbocycles. The monoisotopic (exact) mass is 657 g/mol. The predicted octanol–water partition coefficient (Wildman–Crippen LogP) is 11.1. The fourth-order valence-corrected chi connectivity index (χ4v) is 6.91. The van der Waals surface area contributed by atoms with Crippen LogP contribution in [0.3, 0.4) is 0 Å². The Bertz CT molecular complexity index is 2350. The van der Waals surface area contributed by atoms with Crippen LogP contribution >= 0.6 is 0 Å². The van der Waals surface area contributed by atoms with Gasteiger partial charge in [-0.25, -0.2) is 9.97 Å². The lowest BCUT2D eigenvalue weighted by Crippen LogP contribution is -2.27. The van der Waals surface area contributed by atoms with Gasteiger partial charge in [-0.05, 0) is 71.1 Å². The number of hydrogen-bond donors (Lipinski definition) is 0. The number of para-hydroxylation sites is 2. The highest BCUT2D eigenvalue weighted by atomic mass is 16.5. The van der Waals surface area contributed by atoms with Crippen LogP contribution in [0.25, 0.3) is 27.8 Å².